The van der Waals surface area contributed by atoms with E-state index in [1.165, 1.54) is 4.88 Å². The van der Waals surface area contributed by atoms with E-state index in [0.717, 1.165) is 16.3 Å². The van der Waals surface area contributed by atoms with Crippen LogP contribution in [0.5, 0.6) is 5.75 Å². The first-order valence-electron chi connectivity index (χ1n) is 5.56. The number of rotatable bonds is 3. The molecule has 0 amide bonds. The summed E-state index contributed by atoms with van der Waals surface area (Å²) in [5.41, 5.74) is 8.18. The molecule has 3 nitrogen and oxygen atoms in total. The van der Waals surface area contributed by atoms with Crippen LogP contribution in [-0.4, -0.2) is 12.1 Å². The predicted molar refractivity (Wildman–Crippen MR) is 75.6 cm³/mol. The fourth-order valence-corrected chi connectivity index (χ4v) is 2.87. The van der Waals surface area contributed by atoms with Gasteiger partial charge in [0, 0.05) is 4.88 Å². The molecule has 0 saturated heterocycles. The minimum atomic E-state index is -0.245. The molecule has 1 aromatic carbocycles. The van der Waals surface area contributed by atoms with Gasteiger partial charge in [-0.25, -0.2) is 4.98 Å². The molecular formula is C13H15ClN2OS. The third-order valence-corrected chi connectivity index (χ3v) is 4.30. The van der Waals surface area contributed by atoms with E-state index in [9.17, 15) is 0 Å². The van der Waals surface area contributed by atoms with Gasteiger partial charge in [0.25, 0.3) is 0 Å². The average molecular weight is 283 g/mol. The van der Waals surface area contributed by atoms with Crippen molar-refractivity contribution in [3.8, 4) is 5.75 Å². The van der Waals surface area contributed by atoms with E-state index in [0.29, 0.717) is 10.8 Å². The molecule has 1 aromatic heterocycles. The molecule has 0 saturated carbocycles. The van der Waals surface area contributed by atoms with Crippen LogP contribution in [0.4, 0.5) is 0 Å². The number of aromatic nitrogens is 1. The summed E-state index contributed by atoms with van der Waals surface area (Å²) < 4.78 is 5.12. The number of ether oxygens (including phenoxy) is 1. The average Bonchev–Trinajstić information content (AvgIpc) is 2.68. The summed E-state index contributed by atoms with van der Waals surface area (Å²) in [4.78, 5) is 5.67. The molecule has 2 aromatic rings. The van der Waals surface area contributed by atoms with Crippen molar-refractivity contribution < 1.29 is 4.74 Å². The highest BCUT2D eigenvalue weighted by Crippen LogP contribution is 2.31. The van der Waals surface area contributed by atoms with Gasteiger partial charge in [-0.1, -0.05) is 17.7 Å². The number of thiazole rings is 1. The lowest BCUT2D eigenvalue weighted by Gasteiger charge is -2.11. The highest BCUT2D eigenvalue weighted by molar-refractivity contribution is 7.11. The van der Waals surface area contributed by atoms with Gasteiger partial charge in [0.05, 0.1) is 23.9 Å². The maximum absolute atomic E-state index is 6.21. The molecule has 2 rings (SSSR count). The number of nitrogens with two attached hydrogens (primary N) is 1. The number of hydrogen-bond acceptors (Lipinski definition) is 4. The topological polar surface area (TPSA) is 48.1 Å². The largest absolute Gasteiger partial charge is 0.495 e. The molecule has 18 heavy (non-hydrogen) atoms. The Bertz CT molecular complexity index is 549. The van der Waals surface area contributed by atoms with Crippen molar-refractivity contribution in [2.45, 2.75) is 19.9 Å². The summed E-state index contributed by atoms with van der Waals surface area (Å²) in [6, 6.07) is 5.33. The Morgan fingerprint density at radius 3 is 2.61 bits per heavy atom. The normalized spacial score (nSPS) is 12.5. The highest BCUT2D eigenvalue weighted by Gasteiger charge is 2.15. The van der Waals surface area contributed by atoms with Crippen LogP contribution in [0.1, 0.15) is 27.2 Å². The molecule has 0 radical (unpaired) electrons. The Morgan fingerprint density at radius 2 is 2.11 bits per heavy atom. The minimum Gasteiger partial charge on any atom is -0.495 e. The summed E-state index contributed by atoms with van der Waals surface area (Å²) in [5, 5.41) is 1.47. The third-order valence-electron chi connectivity index (χ3n) is 2.85. The summed E-state index contributed by atoms with van der Waals surface area (Å²) in [6.45, 7) is 4.03. The fraction of sp³-hybridized carbons (Fsp3) is 0.308. The van der Waals surface area contributed by atoms with Gasteiger partial charge in [0.1, 0.15) is 10.8 Å². The van der Waals surface area contributed by atoms with Crippen LogP contribution in [0.2, 0.25) is 5.02 Å². The van der Waals surface area contributed by atoms with Crippen molar-refractivity contribution in [1.29, 1.82) is 0 Å². The summed E-state index contributed by atoms with van der Waals surface area (Å²) >= 11 is 7.72. The number of methoxy groups -OCH3 is 1. The molecule has 5 heteroatoms. The van der Waals surface area contributed by atoms with E-state index < -0.39 is 0 Å². The molecule has 0 bridgehead atoms. The van der Waals surface area contributed by atoms with Crippen LogP contribution in [0.15, 0.2) is 18.2 Å². The molecule has 0 aliphatic rings. The van der Waals surface area contributed by atoms with Gasteiger partial charge in [-0.15, -0.1) is 11.3 Å². The van der Waals surface area contributed by atoms with Gasteiger partial charge in [-0.2, -0.15) is 0 Å². The Kier molecular flexibility index (Phi) is 3.90. The first-order valence-corrected chi connectivity index (χ1v) is 6.75. The Morgan fingerprint density at radius 1 is 1.39 bits per heavy atom. The van der Waals surface area contributed by atoms with Gasteiger partial charge < -0.3 is 10.5 Å². The highest BCUT2D eigenvalue weighted by atomic mass is 35.5. The first-order chi connectivity index (χ1) is 8.52. The van der Waals surface area contributed by atoms with Crippen LogP contribution < -0.4 is 10.5 Å². The Labute approximate surface area is 116 Å². The molecule has 0 spiro atoms. The molecule has 0 aliphatic carbocycles. The number of aryl methyl sites for hydroxylation is 2. The van der Waals surface area contributed by atoms with Crippen molar-refractivity contribution in [1.82, 2.24) is 4.98 Å². The molecule has 0 aliphatic heterocycles. The molecule has 2 N–H and O–H groups in total. The minimum absolute atomic E-state index is 0.245. The number of benzene rings is 1. The van der Waals surface area contributed by atoms with Crippen LogP contribution in [0.25, 0.3) is 0 Å². The van der Waals surface area contributed by atoms with E-state index in [2.05, 4.69) is 4.98 Å². The lowest BCUT2D eigenvalue weighted by molar-refractivity contribution is 0.415. The van der Waals surface area contributed by atoms with E-state index in [4.69, 9.17) is 22.1 Å². The lowest BCUT2D eigenvalue weighted by atomic mass is 10.1. The molecule has 0 fully saturated rings. The molecule has 96 valence electrons. The smallest absolute Gasteiger partial charge is 0.137 e. The van der Waals surface area contributed by atoms with Crippen molar-refractivity contribution in [2.24, 2.45) is 5.73 Å². The van der Waals surface area contributed by atoms with Crippen LogP contribution in [0.3, 0.4) is 0 Å². The van der Waals surface area contributed by atoms with Crippen LogP contribution in [-0.2, 0) is 0 Å². The second-order valence-corrected chi connectivity index (χ2v) is 5.71. The van der Waals surface area contributed by atoms with Crippen molar-refractivity contribution >= 4 is 22.9 Å². The SMILES string of the molecule is COc1ccc(C(N)c2nc(C)c(C)s2)cc1Cl. The van der Waals surface area contributed by atoms with Gasteiger partial charge in [0.15, 0.2) is 0 Å². The first kappa shape index (κ1) is 13.3. The lowest BCUT2D eigenvalue weighted by Crippen LogP contribution is -2.11. The van der Waals surface area contributed by atoms with Crippen LogP contribution in [0, 0.1) is 13.8 Å². The van der Waals surface area contributed by atoms with Crippen molar-refractivity contribution in [2.75, 3.05) is 7.11 Å². The zero-order valence-corrected chi connectivity index (χ0v) is 12.1. The quantitative estimate of drug-likeness (QED) is 0.938. The van der Waals surface area contributed by atoms with Crippen molar-refractivity contribution in [3.63, 3.8) is 0 Å². The van der Waals surface area contributed by atoms with Gasteiger partial charge >= 0.3 is 0 Å². The standard InChI is InChI=1S/C13H15ClN2OS/c1-7-8(2)18-13(16-7)12(15)9-4-5-11(17-3)10(14)6-9/h4-6,12H,15H2,1-3H3. The van der Waals surface area contributed by atoms with Crippen molar-refractivity contribution in [3.05, 3.63) is 44.4 Å². The van der Waals surface area contributed by atoms with E-state index in [-0.39, 0.29) is 6.04 Å². The van der Waals surface area contributed by atoms with Gasteiger partial charge in [-0.3, -0.25) is 0 Å². The summed E-state index contributed by atoms with van der Waals surface area (Å²) in [7, 11) is 1.59. The summed E-state index contributed by atoms with van der Waals surface area (Å²) in [5.74, 6) is 0.652. The molecular weight excluding hydrogens is 268 g/mol. The third kappa shape index (κ3) is 2.51. The van der Waals surface area contributed by atoms with Gasteiger partial charge in [0.2, 0.25) is 0 Å². The molecule has 1 unspecified atom stereocenters. The Balaban J connectivity index is 2.33. The fourth-order valence-electron chi connectivity index (χ4n) is 1.65. The second-order valence-electron chi connectivity index (χ2n) is 4.07. The summed E-state index contributed by atoms with van der Waals surface area (Å²) in [6.07, 6.45) is 0. The number of hydrogen-bond donors (Lipinski definition) is 1. The maximum atomic E-state index is 6.21. The predicted octanol–water partition coefficient (Wildman–Crippen LogP) is 3.47. The van der Waals surface area contributed by atoms with Crippen LogP contribution >= 0.6 is 22.9 Å². The second kappa shape index (κ2) is 5.26. The van der Waals surface area contributed by atoms with Gasteiger partial charge in [-0.05, 0) is 31.5 Å². The zero-order valence-electron chi connectivity index (χ0n) is 10.5. The van der Waals surface area contributed by atoms with E-state index >= 15 is 0 Å². The van der Waals surface area contributed by atoms with E-state index in [1.54, 1.807) is 18.4 Å². The Hall–Kier alpha value is -1.10. The molecule has 1 atom stereocenters. The monoisotopic (exact) mass is 282 g/mol. The van der Waals surface area contributed by atoms with E-state index in [1.807, 2.05) is 32.0 Å². The zero-order chi connectivity index (χ0) is 13.3. The number of nitrogens with zero attached hydrogens (tertiary/aromatic N) is 1. The molecule has 1 heterocycles. The maximum Gasteiger partial charge on any atom is 0.137 e. The number of halogens is 1.